The predicted molar refractivity (Wildman–Crippen MR) is 537 cm³/mol. The maximum absolute atomic E-state index is 2.56. The molecule has 8 heteroatoms. The number of fused-ring (bicyclic) bond motifs is 11. The first-order valence-electron chi connectivity index (χ1n) is 44.3. The lowest BCUT2D eigenvalue weighted by atomic mass is 9.67. The highest BCUT2D eigenvalue weighted by Gasteiger charge is 2.49. The summed E-state index contributed by atoms with van der Waals surface area (Å²) >= 11 is 0. The standard InChI is InChI=1S/C121H82N8/c1-5-41-83(42-6-1)93-49-15-21-57-101(93)126-113-69-33-25-61-105(113)122(106-62-26-34-70-114(106)126)89-77-87(78-90(81-89)123-107-63-27-35-71-115(107)127(116-72-36-28-64-108(116)123)102-58-22-16-50-94(102)84-43-7-2-8-44-84)121(99-55-19-13-53-97(99)98-54-14-20-56-100(98)121)88-79-91(124-109-65-29-37-73-117(109)128(118-74-38-30-66-110(118)124)103-59-23-17-51-95(103)85-45-9-3-10-46-85)82-92(80-88)125-111-67-31-39-75-119(111)129(120-76-40-32-68-112(120)125)104-60-24-18-52-96(104)86-47-11-4-12-48-86/h1-82H. The van der Waals surface area contributed by atoms with Crippen LogP contribution in [-0.2, 0) is 5.41 Å². The number of para-hydroxylation sites is 20. The van der Waals surface area contributed by atoms with E-state index in [0.717, 1.165) is 214 Å². The van der Waals surface area contributed by atoms with E-state index < -0.39 is 5.41 Å². The molecule has 20 aromatic rings. The minimum Gasteiger partial charge on any atom is -0.306 e. The van der Waals surface area contributed by atoms with Crippen molar-refractivity contribution in [2.45, 2.75) is 5.41 Å². The van der Waals surface area contributed by atoms with E-state index in [1.54, 1.807) is 0 Å². The Balaban J connectivity index is 0.792. The fourth-order valence-corrected chi connectivity index (χ4v) is 21.2. The molecule has 0 bridgehead atoms. The summed E-state index contributed by atoms with van der Waals surface area (Å²) in [6.07, 6.45) is 0. The van der Waals surface area contributed by atoms with Crippen molar-refractivity contribution in [2.24, 2.45) is 0 Å². The fourth-order valence-electron chi connectivity index (χ4n) is 21.2. The number of anilines is 24. The highest BCUT2D eigenvalue weighted by molar-refractivity contribution is 6.11. The van der Waals surface area contributed by atoms with Crippen LogP contribution in [0.25, 0.3) is 55.6 Å². The molecule has 0 saturated carbocycles. The second-order valence-electron chi connectivity index (χ2n) is 33.4. The fraction of sp³-hybridized carbons (Fsp3) is 0.00826. The van der Waals surface area contributed by atoms with Crippen molar-refractivity contribution >= 4 is 136 Å². The lowest BCUT2D eigenvalue weighted by Gasteiger charge is -2.44. The van der Waals surface area contributed by atoms with Gasteiger partial charge in [-0.05, 0) is 213 Å². The van der Waals surface area contributed by atoms with Crippen molar-refractivity contribution in [2.75, 3.05) is 39.2 Å². The summed E-state index contributed by atoms with van der Waals surface area (Å²) in [5, 5.41) is 0. The van der Waals surface area contributed by atoms with Crippen LogP contribution < -0.4 is 39.2 Å². The van der Waals surface area contributed by atoms with Crippen molar-refractivity contribution < 1.29 is 0 Å². The van der Waals surface area contributed by atoms with E-state index in [1.165, 1.54) is 0 Å². The Labute approximate surface area is 751 Å². The third kappa shape index (κ3) is 11.8. The van der Waals surface area contributed by atoms with E-state index in [9.17, 15) is 0 Å². The molecule has 4 heterocycles. The van der Waals surface area contributed by atoms with Gasteiger partial charge in [-0.25, -0.2) is 0 Å². The van der Waals surface area contributed by atoms with Crippen molar-refractivity contribution in [3.8, 4) is 55.6 Å². The lowest BCUT2D eigenvalue weighted by Crippen LogP contribution is -2.31. The van der Waals surface area contributed by atoms with Gasteiger partial charge in [0, 0.05) is 45.0 Å². The Morgan fingerprint density at radius 1 is 0.116 bits per heavy atom. The first-order valence-corrected chi connectivity index (χ1v) is 44.3. The second-order valence-corrected chi connectivity index (χ2v) is 33.4. The topological polar surface area (TPSA) is 25.9 Å². The highest BCUT2D eigenvalue weighted by Crippen LogP contribution is 2.66. The van der Waals surface area contributed by atoms with Crippen LogP contribution in [0.4, 0.5) is 136 Å². The smallest absolute Gasteiger partial charge is 0.0716 e. The molecule has 129 heavy (non-hydrogen) atoms. The molecule has 0 unspecified atom stereocenters. The molecule has 0 radical (unpaired) electrons. The predicted octanol–water partition coefficient (Wildman–Crippen LogP) is 33.7. The Hall–Kier alpha value is -17.2. The first-order chi connectivity index (χ1) is 64.1. The zero-order valence-corrected chi connectivity index (χ0v) is 70.4. The van der Waals surface area contributed by atoms with Gasteiger partial charge in [-0.15, -0.1) is 0 Å². The lowest BCUT2D eigenvalue weighted by molar-refractivity contribution is 0.768. The van der Waals surface area contributed by atoms with Gasteiger partial charge in [0.05, 0.1) is 119 Å². The van der Waals surface area contributed by atoms with Crippen LogP contribution in [0.5, 0.6) is 0 Å². The summed E-state index contributed by atoms with van der Waals surface area (Å²) in [5.41, 5.74) is 39.6. The van der Waals surface area contributed by atoms with E-state index in [2.05, 4.69) is 537 Å². The van der Waals surface area contributed by atoms with Gasteiger partial charge in [0.15, 0.2) is 0 Å². The molecule has 0 spiro atoms. The van der Waals surface area contributed by atoms with Gasteiger partial charge in [0.1, 0.15) is 0 Å². The minimum atomic E-state index is -1.13. The number of benzene rings is 20. The quantitative estimate of drug-likeness (QED) is 0.106. The Bertz CT molecular complexity index is 6730. The minimum absolute atomic E-state index is 0.979. The van der Waals surface area contributed by atoms with E-state index in [-0.39, 0.29) is 0 Å². The second kappa shape index (κ2) is 30.6. The molecule has 8 nitrogen and oxygen atoms in total. The van der Waals surface area contributed by atoms with Crippen LogP contribution in [0, 0.1) is 0 Å². The van der Waals surface area contributed by atoms with E-state index >= 15 is 0 Å². The van der Waals surface area contributed by atoms with Crippen LogP contribution >= 0.6 is 0 Å². The zero-order chi connectivity index (χ0) is 85.0. The van der Waals surface area contributed by atoms with Crippen molar-refractivity contribution in [3.05, 3.63) is 520 Å². The molecular weight excluding hydrogens is 1570 g/mol. The summed E-state index contributed by atoms with van der Waals surface area (Å²) < 4.78 is 0. The Kier molecular flexibility index (Phi) is 17.7. The number of hydrogen-bond acceptors (Lipinski definition) is 8. The largest absolute Gasteiger partial charge is 0.306 e. The molecule has 606 valence electrons. The highest BCUT2D eigenvalue weighted by atomic mass is 15.3. The number of hydrogen-bond donors (Lipinski definition) is 0. The molecule has 0 atom stereocenters. The van der Waals surface area contributed by atoms with Gasteiger partial charge in [0.25, 0.3) is 0 Å². The maximum atomic E-state index is 2.56. The summed E-state index contributed by atoms with van der Waals surface area (Å²) in [6, 6.07) is 185. The van der Waals surface area contributed by atoms with Gasteiger partial charge in [-0.2, -0.15) is 0 Å². The molecule has 1 aliphatic carbocycles. The summed E-state index contributed by atoms with van der Waals surface area (Å²) in [4.78, 5) is 20.2. The zero-order valence-electron chi connectivity index (χ0n) is 70.4. The Morgan fingerprint density at radius 2 is 0.264 bits per heavy atom. The number of nitrogens with zero attached hydrogens (tertiary/aromatic N) is 8. The third-order valence-corrected chi connectivity index (χ3v) is 26.5. The van der Waals surface area contributed by atoms with Crippen molar-refractivity contribution in [1.82, 2.24) is 0 Å². The van der Waals surface area contributed by atoms with Crippen LogP contribution in [0.15, 0.2) is 497 Å². The van der Waals surface area contributed by atoms with Crippen molar-refractivity contribution in [3.63, 3.8) is 0 Å². The summed E-state index contributed by atoms with van der Waals surface area (Å²) in [7, 11) is 0. The van der Waals surface area contributed by atoms with E-state index in [1.807, 2.05) is 0 Å². The van der Waals surface area contributed by atoms with E-state index in [0.29, 0.717) is 0 Å². The van der Waals surface area contributed by atoms with Crippen LogP contribution in [0.2, 0.25) is 0 Å². The molecule has 5 aliphatic rings. The maximum Gasteiger partial charge on any atom is 0.0716 e. The van der Waals surface area contributed by atoms with Gasteiger partial charge in [0.2, 0.25) is 0 Å². The summed E-state index contributed by atoms with van der Waals surface area (Å²) in [6.45, 7) is 0. The third-order valence-electron chi connectivity index (χ3n) is 26.5. The molecular formula is C121H82N8. The number of rotatable bonds is 14. The van der Waals surface area contributed by atoms with Crippen LogP contribution in [-0.4, -0.2) is 0 Å². The molecule has 0 fully saturated rings. The Morgan fingerprint density at radius 3 is 0.457 bits per heavy atom. The van der Waals surface area contributed by atoms with Gasteiger partial charge in [-0.1, -0.05) is 340 Å². The van der Waals surface area contributed by atoms with Crippen LogP contribution in [0.1, 0.15) is 22.3 Å². The van der Waals surface area contributed by atoms with Gasteiger partial charge < -0.3 is 39.2 Å². The van der Waals surface area contributed by atoms with Crippen LogP contribution in [0.3, 0.4) is 0 Å². The van der Waals surface area contributed by atoms with E-state index in [4.69, 9.17) is 0 Å². The molecule has 4 aliphatic heterocycles. The molecule has 0 aromatic heterocycles. The SMILES string of the molecule is c1ccc(-c2ccccc2N2c3ccccc3N(c3cc(N4c5ccccc5N(c5ccccc5-c5ccccc5)c5ccccc54)cc(C4(c5cc(N6c7ccccc7N(c7ccccc7-c7ccccc7)c7ccccc76)cc(N6c7ccccc7N(c7ccccc7-c7ccccc7)c7ccccc76)c5)c5ccccc5-c5ccccc54)c3)c3ccccc32)cc1. The average molecular weight is 1650 g/mol. The molecule has 20 aromatic carbocycles. The molecule has 0 N–H and O–H groups in total. The average Bonchev–Trinajstić information content (AvgIpc) is 1.56. The molecule has 0 amide bonds. The molecule has 25 rings (SSSR count). The summed E-state index contributed by atoms with van der Waals surface area (Å²) in [5.74, 6) is 0. The van der Waals surface area contributed by atoms with Gasteiger partial charge in [-0.3, -0.25) is 0 Å². The first kappa shape index (κ1) is 74.4. The monoisotopic (exact) mass is 1650 g/mol. The van der Waals surface area contributed by atoms with Crippen molar-refractivity contribution in [1.29, 1.82) is 0 Å². The normalized spacial score (nSPS) is 13.4. The van der Waals surface area contributed by atoms with Gasteiger partial charge >= 0.3 is 0 Å². The molecule has 0 saturated heterocycles.